The third-order valence-electron chi connectivity index (χ3n) is 16.0. The van der Waals surface area contributed by atoms with E-state index in [1.807, 2.05) is 117 Å². The first kappa shape index (κ1) is 90.5. The number of amides is 3. The molecule has 0 aliphatic carbocycles. The minimum Gasteiger partial charge on any atom is -0.326 e. The Hall–Kier alpha value is -6.48. The van der Waals surface area contributed by atoms with E-state index in [1.165, 1.54) is 57.6 Å². The van der Waals surface area contributed by atoms with Crippen molar-refractivity contribution in [3.05, 3.63) is 178 Å². The van der Waals surface area contributed by atoms with Gasteiger partial charge in [-0.15, -0.1) is 0 Å². The number of rotatable bonds is 9. The Kier molecular flexibility index (Phi) is 33.3. The van der Waals surface area contributed by atoms with Gasteiger partial charge in [-0.1, -0.05) is 304 Å². The predicted molar refractivity (Wildman–Crippen MR) is 432 cm³/mol. The normalized spacial score (nSPS) is 12.6. The van der Waals surface area contributed by atoms with Crippen LogP contribution in [0.3, 0.4) is 0 Å². The summed E-state index contributed by atoms with van der Waals surface area (Å²) in [6.45, 7) is 77.2. The molecule has 3 aromatic heterocycles. The smallest absolute Gasteiger partial charge is 0.229 e. The first-order valence-electron chi connectivity index (χ1n) is 36.4. The van der Waals surface area contributed by atoms with E-state index >= 15 is 0 Å². The number of nitrogens with zero attached hydrogens (tertiary/aromatic N) is 3. The van der Waals surface area contributed by atoms with Crippen LogP contribution >= 0.6 is 0 Å². The maximum atomic E-state index is 11.9. The summed E-state index contributed by atoms with van der Waals surface area (Å²) in [5.74, 6) is 0.141. The van der Waals surface area contributed by atoms with E-state index in [0.717, 1.165) is 48.4 Å². The summed E-state index contributed by atoms with van der Waals surface area (Å²) in [7, 11) is 0. The second kappa shape index (κ2) is 36.4. The van der Waals surface area contributed by atoms with Crippen molar-refractivity contribution in [2.24, 2.45) is 37.9 Å². The molecule has 0 spiro atoms. The molecule has 6 rings (SSSR count). The van der Waals surface area contributed by atoms with Crippen LogP contribution in [-0.2, 0) is 67.1 Å². The lowest BCUT2D eigenvalue weighted by atomic mass is 9.86. The molecule has 0 radical (unpaired) electrons. The van der Waals surface area contributed by atoms with Gasteiger partial charge < -0.3 is 16.0 Å². The minimum absolute atomic E-state index is 0.0426. The number of pyridine rings is 3. The molecule has 0 fully saturated rings. The third kappa shape index (κ3) is 39.9. The van der Waals surface area contributed by atoms with Gasteiger partial charge in [0.2, 0.25) is 17.7 Å². The summed E-state index contributed by atoms with van der Waals surface area (Å²) in [6, 6.07) is 37.4. The Morgan fingerprint density at radius 2 is 0.556 bits per heavy atom. The van der Waals surface area contributed by atoms with E-state index < -0.39 is 0 Å². The number of carbonyl (C=O) groups excluding carboxylic acids is 3. The lowest BCUT2D eigenvalue weighted by Crippen LogP contribution is -2.27. The average Bonchev–Trinajstić information content (AvgIpc) is 0.867. The molecule has 9 heteroatoms. The zero-order valence-corrected chi connectivity index (χ0v) is 69.9. The summed E-state index contributed by atoms with van der Waals surface area (Å²) in [4.78, 5) is 49.1. The Morgan fingerprint density at radius 1 is 0.273 bits per heavy atom. The van der Waals surface area contributed by atoms with Gasteiger partial charge in [0.05, 0.1) is 0 Å². The van der Waals surface area contributed by atoms with Crippen molar-refractivity contribution in [2.75, 3.05) is 16.0 Å². The minimum atomic E-state index is -0.358. The largest absolute Gasteiger partial charge is 0.326 e. The van der Waals surface area contributed by atoms with Gasteiger partial charge in [0.15, 0.2) is 0 Å². The van der Waals surface area contributed by atoms with E-state index in [9.17, 15) is 14.4 Å². The Bertz CT molecular complexity index is 3290. The van der Waals surface area contributed by atoms with Crippen molar-refractivity contribution in [3.8, 4) is 0 Å². The van der Waals surface area contributed by atoms with Gasteiger partial charge in [0.25, 0.3) is 0 Å². The standard InChI is InChI=1S/C17H27NO.C16H25NO.C15H23NO.C15H25N.C14H23N.C13H21N/c1-16(2,3)12-11-13-7-9-14(10-8-13)18-15(19)17(4,5)6;1-15(2,3)11-12-7-9-13(10-8-12)17-14(18)16(4,5)6;1-14(2,3)11-7-9-12(10-8-11)16-13(17)15(4,5)6;1-14(2,3)10-9-13-8-7-12(11-16-13)15(4,5)6;1-13(2,3)9-12-8-7-11(10-15-12)14(4,5)6;1-12(2,3)10-7-8-11(14-9-10)13(4,5)6/h7-10H,11-12H2,1-6H3,(H,18,19);7-10H,11H2,1-6H3,(H,17,18);7-10H,1-6H3,(H,16,17);7-8,11H,9-10H2,1-6H3;7-8,10H,9H2,1-6H3;7-9H,1-6H3. The van der Waals surface area contributed by atoms with E-state index in [2.05, 4.69) is 291 Å². The number of nitrogens with one attached hydrogen (secondary N) is 3. The van der Waals surface area contributed by atoms with Crippen LogP contribution in [0.25, 0.3) is 0 Å². The first-order valence-corrected chi connectivity index (χ1v) is 36.4. The summed E-state index contributed by atoms with van der Waals surface area (Å²) in [5, 5.41) is 8.80. The van der Waals surface area contributed by atoms with Crippen molar-refractivity contribution in [1.29, 1.82) is 0 Å². The third-order valence-corrected chi connectivity index (χ3v) is 16.0. The zero-order chi connectivity index (χ0) is 77.0. The fourth-order valence-electron chi connectivity index (χ4n) is 8.92. The van der Waals surface area contributed by atoms with Crippen LogP contribution in [-0.4, -0.2) is 32.7 Å². The lowest BCUT2D eigenvalue weighted by molar-refractivity contribution is -0.123. The van der Waals surface area contributed by atoms with Crippen molar-refractivity contribution >= 4 is 34.8 Å². The van der Waals surface area contributed by atoms with Crippen LogP contribution in [0.4, 0.5) is 17.1 Å². The lowest BCUT2D eigenvalue weighted by Gasteiger charge is -2.22. The van der Waals surface area contributed by atoms with E-state index in [4.69, 9.17) is 0 Å². The number of benzene rings is 3. The van der Waals surface area contributed by atoms with Gasteiger partial charge in [-0.25, -0.2) is 0 Å². The molecule has 3 heterocycles. The van der Waals surface area contributed by atoms with Crippen molar-refractivity contribution < 1.29 is 14.4 Å². The monoisotopic (exact) mass is 1360 g/mol. The number of hydrogen-bond acceptors (Lipinski definition) is 6. The Morgan fingerprint density at radius 3 is 0.818 bits per heavy atom. The maximum Gasteiger partial charge on any atom is 0.229 e. The molecule has 0 unspecified atom stereocenters. The summed E-state index contributed by atoms with van der Waals surface area (Å²) in [6.07, 6.45) is 12.6. The molecule has 6 aromatic rings. The molecular weight excluding hydrogens is 1210 g/mol. The highest BCUT2D eigenvalue weighted by Gasteiger charge is 2.25. The van der Waals surface area contributed by atoms with Gasteiger partial charge >= 0.3 is 0 Å². The summed E-state index contributed by atoms with van der Waals surface area (Å²) >= 11 is 0. The van der Waals surface area contributed by atoms with Crippen LogP contribution in [0.2, 0.25) is 0 Å². The van der Waals surface area contributed by atoms with Crippen LogP contribution in [0.15, 0.2) is 128 Å². The van der Waals surface area contributed by atoms with Gasteiger partial charge in [0, 0.05) is 74.4 Å². The van der Waals surface area contributed by atoms with Crippen LogP contribution in [0.5, 0.6) is 0 Å². The molecule has 9 nitrogen and oxygen atoms in total. The van der Waals surface area contributed by atoms with Gasteiger partial charge in [0.1, 0.15) is 0 Å². The number of hydrogen-bond donors (Lipinski definition) is 3. The second-order valence-corrected chi connectivity index (χ2v) is 40.4. The van der Waals surface area contributed by atoms with E-state index in [-0.39, 0.29) is 66.5 Å². The number of carbonyl (C=O) groups is 3. The highest BCUT2D eigenvalue weighted by atomic mass is 16.2. The van der Waals surface area contributed by atoms with Crippen LogP contribution < -0.4 is 16.0 Å². The molecule has 0 atom stereocenters. The van der Waals surface area contributed by atoms with Crippen LogP contribution in [0, 0.1) is 37.9 Å². The molecule has 3 aromatic carbocycles. The molecule has 0 bridgehead atoms. The molecule has 3 N–H and O–H groups in total. The van der Waals surface area contributed by atoms with Gasteiger partial charge in [-0.2, -0.15) is 0 Å². The quantitative estimate of drug-likeness (QED) is 0.132. The molecule has 0 saturated heterocycles. The van der Waals surface area contributed by atoms with Crippen LogP contribution in [0.1, 0.15) is 313 Å². The number of anilines is 3. The highest BCUT2D eigenvalue weighted by molar-refractivity contribution is 5.95. The second-order valence-electron chi connectivity index (χ2n) is 40.4. The topological polar surface area (TPSA) is 126 Å². The zero-order valence-electron chi connectivity index (χ0n) is 69.9. The average molecular weight is 1360 g/mol. The molecule has 0 saturated carbocycles. The van der Waals surface area contributed by atoms with Crippen molar-refractivity contribution in [3.63, 3.8) is 0 Å². The fourth-order valence-corrected chi connectivity index (χ4v) is 8.92. The van der Waals surface area contributed by atoms with Crippen molar-refractivity contribution in [1.82, 2.24) is 15.0 Å². The maximum absolute atomic E-state index is 11.9. The molecule has 99 heavy (non-hydrogen) atoms. The highest BCUT2D eigenvalue weighted by Crippen LogP contribution is 2.31. The fraction of sp³-hybridized carbons (Fsp3) is 0.600. The molecule has 0 aliphatic rings. The number of aromatic nitrogens is 3. The molecular formula is C90H144N6O3. The summed E-state index contributed by atoms with van der Waals surface area (Å²) < 4.78 is 0. The number of aryl methyl sites for hydroxylation is 2. The molecule has 3 amide bonds. The van der Waals surface area contributed by atoms with E-state index in [0.29, 0.717) is 16.2 Å². The van der Waals surface area contributed by atoms with Gasteiger partial charge in [-0.05, 0) is 170 Å². The summed E-state index contributed by atoms with van der Waals surface area (Å²) in [5.41, 5.74) is 15.2. The molecule has 552 valence electrons. The van der Waals surface area contributed by atoms with Gasteiger partial charge in [-0.3, -0.25) is 29.3 Å². The van der Waals surface area contributed by atoms with E-state index in [1.54, 1.807) is 0 Å². The first-order chi connectivity index (χ1) is 44.3. The molecule has 0 aliphatic heterocycles. The predicted octanol–water partition coefficient (Wildman–Crippen LogP) is 24.9. The van der Waals surface area contributed by atoms with Crippen molar-refractivity contribution in [2.45, 2.75) is 315 Å². The Balaban J connectivity index is 0.000000596. The SMILES string of the molecule is CC(C)(C)C(=O)Nc1ccc(C(C)(C)C)cc1.CC(C)(C)CCc1ccc(C(C)(C)C)cn1.CC(C)(C)CCc1ccc(NC(=O)C(C)(C)C)cc1.CC(C)(C)Cc1ccc(C(C)(C)C)cn1.CC(C)(C)Cc1ccc(NC(=O)C(C)(C)C)cc1.CC(C)(C)c1ccc(C(C)(C)C)nc1. The Labute approximate surface area is 607 Å².